The first-order valence-corrected chi connectivity index (χ1v) is 5.14. The van der Waals surface area contributed by atoms with Crippen LogP contribution >= 0.6 is 0 Å². The highest BCUT2D eigenvalue weighted by molar-refractivity contribution is 4.95. The number of nitrogens with zero attached hydrogens (tertiary/aromatic N) is 2. The molecule has 1 atom stereocenters. The molecule has 2 rings (SSSR count). The van der Waals surface area contributed by atoms with Crippen LogP contribution in [0.25, 0.3) is 0 Å². The Morgan fingerprint density at radius 3 is 3.20 bits per heavy atom. The zero-order chi connectivity index (χ0) is 10.5. The number of hydrogen-bond acceptors (Lipinski definition) is 6. The van der Waals surface area contributed by atoms with Crippen molar-refractivity contribution in [3.8, 4) is 0 Å². The number of aromatic nitrogens is 2. The van der Waals surface area contributed by atoms with Gasteiger partial charge in [0, 0.05) is 19.6 Å². The summed E-state index contributed by atoms with van der Waals surface area (Å²) in [6.45, 7) is 2.26. The van der Waals surface area contributed by atoms with Crippen LogP contribution in [0.15, 0.2) is 4.52 Å². The molecule has 0 spiro atoms. The van der Waals surface area contributed by atoms with Crippen LogP contribution in [0.4, 0.5) is 0 Å². The highest BCUT2D eigenvalue weighted by Crippen LogP contribution is 2.12. The standard InChI is InChI=1S/C9H15N3O3/c13-4-1-2-8-11-9(12-15-8)7-6-14-5-3-10-7/h7,10,13H,1-6H2. The fourth-order valence-electron chi connectivity index (χ4n) is 1.47. The number of nitrogens with one attached hydrogen (secondary N) is 1. The number of aliphatic hydroxyl groups excluding tert-OH is 1. The molecule has 1 saturated heterocycles. The molecular weight excluding hydrogens is 198 g/mol. The average Bonchev–Trinajstić information content (AvgIpc) is 2.76. The van der Waals surface area contributed by atoms with E-state index >= 15 is 0 Å². The van der Waals surface area contributed by atoms with Crippen molar-refractivity contribution in [3.63, 3.8) is 0 Å². The van der Waals surface area contributed by atoms with Crippen molar-refractivity contribution in [2.45, 2.75) is 18.9 Å². The molecule has 1 aliphatic heterocycles. The maximum absolute atomic E-state index is 8.66. The number of aryl methyl sites for hydroxylation is 1. The van der Waals surface area contributed by atoms with Gasteiger partial charge in [0.2, 0.25) is 5.89 Å². The van der Waals surface area contributed by atoms with E-state index in [1.165, 1.54) is 0 Å². The molecule has 15 heavy (non-hydrogen) atoms. The van der Waals surface area contributed by atoms with E-state index in [-0.39, 0.29) is 12.6 Å². The average molecular weight is 213 g/mol. The summed E-state index contributed by atoms with van der Waals surface area (Å²) in [7, 11) is 0. The third-order valence-corrected chi connectivity index (χ3v) is 2.27. The molecule has 1 aromatic rings. The van der Waals surface area contributed by atoms with E-state index in [2.05, 4.69) is 15.5 Å². The lowest BCUT2D eigenvalue weighted by molar-refractivity contribution is 0.0734. The first-order chi connectivity index (χ1) is 7.40. The van der Waals surface area contributed by atoms with Crippen LogP contribution in [0.5, 0.6) is 0 Å². The van der Waals surface area contributed by atoms with Crippen molar-refractivity contribution in [1.82, 2.24) is 15.5 Å². The van der Waals surface area contributed by atoms with Gasteiger partial charge in [0.1, 0.15) is 0 Å². The lowest BCUT2D eigenvalue weighted by Crippen LogP contribution is -2.35. The Morgan fingerprint density at radius 1 is 1.53 bits per heavy atom. The summed E-state index contributed by atoms with van der Waals surface area (Å²) in [4.78, 5) is 4.24. The van der Waals surface area contributed by atoms with Crippen LogP contribution < -0.4 is 5.32 Å². The summed E-state index contributed by atoms with van der Waals surface area (Å²) in [5, 5.41) is 15.8. The van der Waals surface area contributed by atoms with E-state index in [9.17, 15) is 0 Å². The number of aliphatic hydroxyl groups is 1. The number of morpholine rings is 1. The lowest BCUT2D eigenvalue weighted by Gasteiger charge is -2.20. The van der Waals surface area contributed by atoms with E-state index in [0.29, 0.717) is 31.2 Å². The Morgan fingerprint density at radius 2 is 2.47 bits per heavy atom. The topological polar surface area (TPSA) is 80.4 Å². The van der Waals surface area contributed by atoms with Gasteiger partial charge in [-0.2, -0.15) is 4.98 Å². The number of hydrogen-bond donors (Lipinski definition) is 2. The highest BCUT2D eigenvalue weighted by atomic mass is 16.5. The quantitative estimate of drug-likeness (QED) is 0.712. The van der Waals surface area contributed by atoms with Gasteiger partial charge in [-0.15, -0.1) is 0 Å². The number of rotatable bonds is 4. The van der Waals surface area contributed by atoms with Gasteiger partial charge in [-0.05, 0) is 6.42 Å². The van der Waals surface area contributed by atoms with Gasteiger partial charge >= 0.3 is 0 Å². The van der Waals surface area contributed by atoms with Crippen molar-refractivity contribution in [2.75, 3.05) is 26.4 Å². The molecule has 1 aromatic heterocycles. The van der Waals surface area contributed by atoms with E-state index in [4.69, 9.17) is 14.4 Å². The van der Waals surface area contributed by atoms with E-state index < -0.39 is 0 Å². The zero-order valence-electron chi connectivity index (χ0n) is 8.48. The lowest BCUT2D eigenvalue weighted by atomic mass is 10.2. The molecule has 0 radical (unpaired) electrons. The molecule has 0 bridgehead atoms. The van der Waals surface area contributed by atoms with E-state index in [1.54, 1.807) is 0 Å². The summed E-state index contributed by atoms with van der Waals surface area (Å²) in [6.07, 6.45) is 1.27. The van der Waals surface area contributed by atoms with Crippen molar-refractivity contribution in [1.29, 1.82) is 0 Å². The molecular formula is C9H15N3O3. The van der Waals surface area contributed by atoms with Crippen LogP contribution in [-0.2, 0) is 11.2 Å². The maximum Gasteiger partial charge on any atom is 0.226 e. The van der Waals surface area contributed by atoms with E-state index in [0.717, 1.165) is 13.2 Å². The summed E-state index contributed by atoms with van der Waals surface area (Å²) in [5.41, 5.74) is 0. The highest BCUT2D eigenvalue weighted by Gasteiger charge is 2.20. The minimum atomic E-state index is 0.0328. The van der Waals surface area contributed by atoms with Crippen molar-refractivity contribution >= 4 is 0 Å². The third kappa shape index (κ3) is 2.74. The molecule has 1 fully saturated rings. The molecule has 6 heteroatoms. The third-order valence-electron chi connectivity index (χ3n) is 2.27. The summed E-state index contributed by atoms with van der Waals surface area (Å²) in [5.74, 6) is 1.22. The first kappa shape index (κ1) is 10.5. The second kappa shape index (κ2) is 5.20. The molecule has 1 unspecified atom stereocenters. The molecule has 0 amide bonds. The summed E-state index contributed by atoms with van der Waals surface area (Å²) in [6, 6.07) is 0.0328. The molecule has 84 valence electrons. The Balaban J connectivity index is 1.93. The van der Waals surface area contributed by atoms with Gasteiger partial charge in [0.15, 0.2) is 5.82 Å². The van der Waals surface area contributed by atoms with Crippen LogP contribution in [-0.4, -0.2) is 41.6 Å². The Labute approximate surface area is 87.6 Å². The molecule has 6 nitrogen and oxygen atoms in total. The summed E-state index contributed by atoms with van der Waals surface area (Å²) >= 11 is 0. The normalized spacial score (nSPS) is 21.8. The molecule has 1 aliphatic rings. The summed E-state index contributed by atoms with van der Waals surface area (Å²) < 4.78 is 10.4. The van der Waals surface area contributed by atoms with Crippen molar-refractivity contribution in [3.05, 3.63) is 11.7 Å². The van der Waals surface area contributed by atoms with Gasteiger partial charge in [0.25, 0.3) is 0 Å². The SMILES string of the molecule is OCCCc1nc(C2COCCN2)no1. The predicted octanol–water partition coefficient (Wildman–Crippen LogP) is -0.345. The minimum absolute atomic E-state index is 0.0328. The Kier molecular flexibility index (Phi) is 3.65. The maximum atomic E-state index is 8.66. The predicted molar refractivity (Wildman–Crippen MR) is 51.3 cm³/mol. The molecule has 0 aliphatic carbocycles. The second-order valence-corrected chi connectivity index (χ2v) is 3.46. The van der Waals surface area contributed by atoms with Crippen LogP contribution in [0.3, 0.4) is 0 Å². The van der Waals surface area contributed by atoms with E-state index in [1.807, 2.05) is 0 Å². The largest absolute Gasteiger partial charge is 0.396 e. The van der Waals surface area contributed by atoms with Crippen LogP contribution in [0.2, 0.25) is 0 Å². The van der Waals surface area contributed by atoms with Crippen molar-refractivity contribution in [2.24, 2.45) is 0 Å². The molecule has 0 saturated carbocycles. The van der Waals surface area contributed by atoms with Crippen LogP contribution in [0.1, 0.15) is 24.2 Å². The van der Waals surface area contributed by atoms with Crippen molar-refractivity contribution < 1.29 is 14.4 Å². The van der Waals surface area contributed by atoms with Gasteiger partial charge in [-0.1, -0.05) is 5.16 Å². The Hall–Kier alpha value is -0.980. The zero-order valence-corrected chi connectivity index (χ0v) is 8.48. The van der Waals surface area contributed by atoms with Crippen LogP contribution in [0, 0.1) is 0 Å². The smallest absolute Gasteiger partial charge is 0.226 e. The van der Waals surface area contributed by atoms with Gasteiger partial charge in [0.05, 0.1) is 19.3 Å². The van der Waals surface area contributed by atoms with Gasteiger partial charge < -0.3 is 19.7 Å². The number of ether oxygens (including phenoxy) is 1. The molecule has 0 aromatic carbocycles. The fourth-order valence-corrected chi connectivity index (χ4v) is 1.47. The molecule has 2 N–H and O–H groups in total. The Bertz CT molecular complexity index is 297. The fraction of sp³-hybridized carbons (Fsp3) is 0.778. The monoisotopic (exact) mass is 213 g/mol. The van der Waals surface area contributed by atoms with Gasteiger partial charge in [-0.25, -0.2) is 0 Å². The second-order valence-electron chi connectivity index (χ2n) is 3.46. The van der Waals surface area contributed by atoms with Gasteiger partial charge in [-0.3, -0.25) is 0 Å². The first-order valence-electron chi connectivity index (χ1n) is 5.14. The minimum Gasteiger partial charge on any atom is -0.396 e. The molecule has 2 heterocycles.